The molecule has 0 radical (unpaired) electrons. The molecule has 0 saturated heterocycles. The van der Waals surface area contributed by atoms with Crippen molar-refractivity contribution >= 4 is 17.4 Å². The van der Waals surface area contributed by atoms with Gasteiger partial charge in [-0.25, -0.2) is 4.98 Å². The Balaban J connectivity index is 2.99. The minimum atomic E-state index is 0.334. The van der Waals surface area contributed by atoms with Gasteiger partial charge < -0.3 is 10.6 Å². The zero-order valence-corrected chi connectivity index (χ0v) is 9.46. The average molecular weight is 224 g/mol. The number of aromatic nitrogens is 1. The zero-order chi connectivity index (χ0) is 11.3. The number of rotatable bonds is 4. The smallest absolute Gasteiger partial charge is 0.129 e. The maximum atomic E-state index is 5.92. The molecule has 15 heavy (non-hydrogen) atoms. The van der Waals surface area contributed by atoms with Crippen molar-refractivity contribution in [1.29, 1.82) is 0 Å². The molecular weight excluding hydrogens is 210 g/mol. The number of halogens is 1. The summed E-state index contributed by atoms with van der Waals surface area (Å²) < 4.78 is 0. The minimum Gasteiger partial charge on any atom is -0.346 e. The Hall–Kier alpha value is -1.24. The first kappa shape index (κ1) is 11.8. The number of anilines is 1. The molecule has 0 aromatic carbocycles. The van der Waals surface area contributed by atoms with Crippen LogP contribution in [-0.4, -0.2) is 18.1 Å². The third kappa shape index (κ3) is 2.85. The Morgan fingerprint density at radius 3 is 2.87 bits per heavy atom. The van der Waals surface area contributed by atoms with E-state index in [1.165, 1.54) is 0 Å². The second-order valence-corrected chi connectivity index (χ2v) is 3.43. The molecule has 1 aromatic heterocycles. The molecule has 0 atom stereocenters. The molecule has 0 amide bonds. The van der Waals surface area contributed by atoms with Gasteiger partial charge in [-0.3, -0.25) is 0 Å². The average Bonchev–Trinajstić information content (AvgIpc) is 2.27. The molecule has 0 spiro atoms. The highest BCUT2D eigenvalue weighted by molar-refractivity contribution is 6.31. The van der Waals surface area contributed by atoms with Crippen LogP contribution in [0.5, 0.6) is 0 Å². The molecule has 3 nitrogen and oxygen atoms in total. The van der Waals surface area contributed by atoms with E-state index in [2.05, 4.69) is 10.9 Å². The van der Waals surface area contributed by atoms with Crippen molar-refractivity contribution in [3.05, 3.63) is 22.8 Å². The molecular formula is C11H14ClN3. The lowest BCUT2D eigenvalue weighted by atomic mass is 10.3. The van der Waals surface area contributed by atoms with Crippen molar-refractivity contribution in [1.82, 2.24) is 4.98 Å². The van der Waals surface area contributed by atoms with Gasteiger partial charge in [0, 0.05) is 13.1 Å². The molecule has 0 aliphatic rings. The Morgan fingerprint density at radius 2 is 2.33 bits per heavy atom. The van der Waals surface area contributed by atoms with Gasteiger partial charge in [-0.05, 0) is 19.1 Å². The number of pyridine rings is 1. The molecule has 0 aliphatic carbocycles. The van der Waals surface area contributed by atoms with E-state index in [-0.39, 0.29) is 0 Å². The molecule has 2 N–H and O–H groups in total. The lowest BCUT2D eigenvalue weighted by Crippen LogP contribution is -2.24. The summed E-state index contributed by atoms with van der Waals surface area (Å²) in [4.78, 5) is 6.34. The van der Waals surface area contributed by atoms with Gasteiger partial charge in [0.2, 0.25) is 0 Å². The standard InChI is InChI=1S/C11H14ClN3/c1-3-7-15(4-2)11-6-5-9(12)10(8-13)14-11/h1,5-6H,4,7-8,13H2,2H3. The summed E-state index contributed by atoms with van der Waals surface area (Å²) >= 11 is 5.92. The SMILES string of the molecule is C#CCN(CC)c1ccc(Cl)c(CN)n1. The summed E-state index contributed by atoms with van der Waals surface area (Å²) in [5.41, 5.74) is 6.23. The summed E-state index contributed by atoms with van der Waals surface area (Å²) in [5.74, 6) is 3.41. The van der Waals surface area contributed by atoms with Crippen LogP contribution >= 0.6 is 11.6 Å². The molecule has 1 rings (SSSR count). The topological polar surface area (TPSA) is 42.1 Å². The summed E-state index contributed by atoms with van der Waals surface area (Å²) in [6.07, 6.45) is 5.27. The summed E-state index contributed by atoms with van der Waals surface area (Å²) in [6.45, 7) is 3.70. The number of nitrogens with zero attached hydrogens (tertiary/aromatic N) is 2. The van der Waals surface area contributed by atoms with Gasteiger partial charge in [0.1, 0.15) is 5.82 Å². The second kappa shape index (κ2) is 5.59. The fourth-order valence-corrected chi connectivity index (χ4v) is 1.44. The van der Waals surface area contributed by atoms with Crippen LogP contribution in [0.15, 0.2) is 12.1 Å². The number of hydrogen-bond donors (Lipinski definition) is 1. The van der Waals surface area contributed by atoms with E-state index in [1.54, 1.807) is 6.07 Å². The fourth-order valence-electron chi connectivity index (χ4n) is 1.26. The van der Waals surface area contributed by atoms with E-state index in [9.17, 15) is 0 Å². The lowest BCUT2D eigenvalue weighted by Gasteiger charge is -2.19. The third-order valence-electron chi connectivity index (χ3n) is 2.09. The lowest BCUT2D eigenvalue weighted by molar-refractivity contribution is 0.874. The number of terminal acetylenes is 1. The quantitative estimate of drug-likeness (QED) is 0.790. The Kier molecular flexibility index (Phi) is 4.41. The van der Waals surface area contributed by atoms with Gasteiger partial charge in [0.15, 0.2) is 0 Å². The molecule has 0 unspecified atom stereocenters. The van der Waals surface area contributed by atoms with E-state index < -0.39 is 0 Å². The molecule has 1 aromatic rings. The van der Waals surface area contributed by atoms with Gasteiger partial charge in [0.25, 0.3) is 0 Å². The van der Waals surface area contributed by atoms with Crippen molar-refractivity contribution in [2.75, 3.05) is 18.0 Å². The molecule has 0 fully saturated rings. The van der Waals surface area contributed by atoms with Crippen LogP contribution in [0.2, 0.25) is 5.02 Å². The van der Waals surface area contributed by atoms with Crippen LogP contribution in [0.4, 0.5) is 5.82 Å². The molecule has 1 heterocycles. The molecule has 0 bridgehead atoms. The fraction of sp³-hybridized carbons (Fsp3) is 0.364. The summed E-state index contributed by atoms with van der Waals surface area (Å²) in [7, 11) is 0. The first-order chi connectivity index (χ1) is 7.22. The van der Waals surface area contributed by atoms with Crippen molar-refractivity contribution in [3.63, 3.8) is 0 Å². The predicted molar refractivity (Wildman–Crippen MR) is 63.9 cm³/mol. The highest BCUT2D eigenvalue weighted by atomic mass is 35.5. The Morgan fingerprint density at radius 1 is 1.60 bits per heavy atom. The first-order valence-corrected chi connectivity index (χ1v) is 5.14. The van der Waals surface area contributed by atoms with E-state index in [4.69, 9.17) is 23.8 Å². The molecule has 0 aliphatic heterocycles. The first-order valence-electron chi connectivity index (χ1n) is 4.76. The zero-order valence-electron chi connectivity index (χ0n) is 8.70. The van der Waals surface area contributed by atoms with Crippen LogP contribution in [0.25, 0.3) is 0 Å². The minimum absolute atomic E-state index is 0.334. The Bertz CT molecular complexity index is 371. The van der Waals surface area contributed by atoms with Crippen molar-refractivity contribution in [2.24, 2.45) is 5.73 Å². The third-order valence-corrected chi connectivity index (χ3v) is 2.43. The van der Waals surface area contributed by atoms with Crippen LogP contribution in [0, 0.1) is 12.3 Å². The van der Waals surface area contributed by atoms with Crippen LogP contribution in [-0.2, 0) is 6.54 Å². The summed E-state index contributed by atoms with van der Waals surface area (Å²) in [5, 5.41) is 0.595. The number of hydrogen-bond acceptors (Lipinski definition) is 3. The van der Waals surface area contributed by atoms with Gasteiger partial charge in [-0.2, -0.15) is 0 Å². The summed E-state index contributed by atoms with van der Waals surface area (Å²) in [6, 6.07) is 3.65. The van der Waals surface area contributed by atoms with E-state index >= 15 is 0 Å². The molecule has 0 saturated carbocycles. The maximum Gasteiger partial charge on any atom is 0.129 e. The van der Waals surface area contributed by atoms with Crippen molar-refractivity contribution < 1.29 is 0 Å². The highest BCUT2D eigenvalue weighted by Gasteiger charge is 2.07. The van der Waals surface area contributed by atoms with Gasteiger partial charge in [0.05, 0.1) is 17.3 Å². The maximum absolute atomic E-state index is 5.92. The van der Waals surface area contributed by atoms with Gasteiger partial charge in [-0.15, -0.1) is 6.42 Å². The van der Waals surface area contributed by atoms with Crippen LogP contribution < -0.4 is 10.6 Å². The van der Waals surface area contributed by atoms with Crippen LogP contribution in [0.3, 0.4) is 0 Å². The molecule has 4 heteroatoms. The van der Waals surface area contributed by atoms with Crippen LogP contribution in [0.1, 0.15) is 12.6 Å². The van der Waals surface area contributed by atoms with Gasteiger partial charge >= 0.3 is 0 Å². The highest BCUT2D eigenvalue weighted by Crippen LogP contribution is 2.18. The van der Waals surface area contributed by atoms with E-state index in [0.717, 1.165) is 12.4 Å². The number of nitrogens with two attached hydrogens (primary N) is 1. The largest absolute Gasteiger partial charge is 0.346 e. The predicted octanol–water partition coefficient (Wildman–Crippen LogP) is 1.65. The second-order valence-electron chi connectivity index (χ2n) is 3.02. The van der Waals surface area contributed by atoms with Crippen molar-refractivity contribution in [2.45, 2.75) is 13.5 Å². The van der Waals surface area contributed by atoms with Gasteiger partial charge in [-0.1, -0.05) is 17.5 Å². The van der Waals surface area contributed by atoms with Crippen molar-refractivity contribution in [3.8, 4) is 12.3 Å². The normalized spacial score (nSPS) is 9.73. The monoisotopic (exact) mass is 223 g/mol. The van der Waals surface area contributed by atoms with E-state index in [1.807, 2.05) is 17.9 Å². The van der Waals surface area contributed by atoms with E-state index in [0.29, 0.717) is 23.8 Å². The Labute approximate surface area is 95.2 Å². The molecule has 80 valence electrons.